The first-order valence-corrected chi connectivity index (χ1v) is 8.68. The molecule has 3 heterocycles. The lowest BCUT2D eigenvalue weighted by atomic mass is 9.97. The highest BCUT2D eigenvalue weighted by Crippen LogP contribution is 2.26. The van der Waals surface area contributed by atoms with Gasteiger partial charge in [-0.15, -0.1) is 0 Å². The number of hydrogen-bond acceptors (Lipinski definition) is 5. The van der Waals surface area contributed by atoms with Gasteiger partial charge in [0.25, 0.3) is 0 Å². The number of aromatic nitrogens is 3. The number of pyridine rings is 1. The molecule has 8 nitrogen and oxygen atoms in total. The van der Waals surface area contributed by atoms with Gasteiger partial charge < -0.3 is 19.5 Å². The Kier molecular flexibility index (Phi) is 5.83. The van der Waals surface area contributed by atoms with E-state index in [4.69, 9.17) is 0 Å². The first kappa shape index (κ1) is 17.9. The van der Waals surface area contributed by atoms with Gasteiger partial charge in [-0.25, -0.2) is 9.78 Å². The molecule has 0 spiro atoms. The van der Waals surface area contributed by atoms with Crippen molar-refractivity contribution in [2.75, 3.05) is 26.7 Å². The summed E-state index contributed by atoms with van der Waals surface area (Å²) in [4.78, 5) is 34.1. The van der Waals surface area contributed by atoms with Crippen LogP contribution in [0.3, 0.4) is 0 Å². The summed E-state index contributed by atoms with van der Waals surface area (Å²) in [6.45, 7) is 1.90. The molecule has 0 aromatic carbocycles. The highest BCUT2D eigenvalue weighted by molar-refractivity contribution is 5.82. The SMILES string of the molecule is COC(=O)NCC(=O)N1CCCC(c2nccn2Cc2ccccn2)C1. The summed E-state index contributed by atoms with van der Waals surface area (Å²) in [6.07, 6.45) is 6.80. The smallest absolute Gasteiger partial charge is 0.407 e. The van der Waals surface area contributed by atoms with Crippen molar-refractivity contribution in [1.29, 1.82) is 0 Å². The molecule has 3 rings (SSSR count). The number of nitrogens with zero attached hydrogens (tertiary/aromatic N) is 4. The molecule has 26 heavy (non-hydrogen) atoms. The Hall–Kier alpha value is -2.90. The highest BCUT2D eigenvalue weighted by Gasteiger charge is 2.27. The van der Waals surface area contributed by atoms with Crippen molar-refractivity contribution >= 4 is 12.0 Å². The Morgan fingerprint density at radius 2 is 2.19 bits per heavy atom. The van der Waals surface area contributed by atoms with E-state index in [1.807, 2.05) is 24.4 Å². The molecule has 1 fully saturated rings. The number of imidazole rings is 1. The van der Waals surface area contributed by atoms with Crippen molar-refractivity contribution in [3.05, 3.63) is 48.3 Å². The monoisotopic (exact) mass is 357 g/mol. The van der Waals surface area contributed by atoms with Crippen LogP contribution in [0.5, 0.6) is 0 Å². The van der Waals surface area contributed by atoms with E-state index in [1.165, 1.54) is 7.11 Å². The van der Waals surface area contributed by atoms with E-state index in [2.05, 4.69) is 24.6 Å². The zero-order chi connectivity index (χ0) is 18.4. The number of nitrogens with one attached hydrogen (secondary N) is 1. The molecule has 1 unspecified atom stereocenters. The van der Waals surface area contributed by atoms with Gasteiger partial charge in [-0.2, -0.15) is 0 Å². The first-order chi connectivity index (χ1) is 12.7. The first-order valence-electron chi connectivity index (χ1n) is 8.68. The lowest BCUT2D eigenvalue weighted by Crippen LogP contribution is -2.44. The van der Waals surface area contributed by atoms with E-state index < -0.39 is 6.09 Å². The Bertz CT molecular complexity index is 746. The molecule has 2 aromatic heterocycles. The summed E-state index contributed by atoms with van der Waals surface area (Å²) in [5, 5.41) is 2.44. The van der Waals surface area contributed by atoms with Gasteiger partial charge in [-0.3, -0.25) is 9.78 Å². The molecule has 1 aliphatic heterocycles. The molecular weight excluding hydrogens is 334 g/mol. The minimum absolute atomic E-state index is 0.0538. The predicted molar refractivity (Wildman–Crippen MR) is 94.5 cm³/mol. The van der Waals surface area contributed by atoms with Crippen LogP contribution in [-0.4, -0.2) is 58.2 Å². The van der Waals surface area contributed by atoms with Gasteiger partial charge in [-0.05, 0) is 25.0 Å². The summed E-state index contributed by atoms with van der Waals surface area (Å²) in [6, 6.07) is 5.85. The van der Waals surface area contributed by atoms with Gasteiger partial charge in [0.05, 0.1) is 19.3 Å². The third-order valence-corrected chi connectivity index (χ3v) is 4.51. The zero-order valence-electron chi connectivity index (χ0n) is 14.8. The number of methoxy groups -OCH3 is 1. The maximum Gasteiger partial charge on any atom is 0.407 e. The van der Waals surface area contributed by atoms with Gasteiger partial charge in [-0.1, -0.05) is 6.07 Å². The number of likely N-dealkylation sites (tertiary alicyclic amines) is 1. The molecule has 138 valence electrons. The Morgan fingerprint density at radius 3 is 2.96 bits per heavy atom. The van der Waals surface area contributed by atoms with Crippen molar-refractivity contribution in [2.45, 2.75) is 25.3 Å². The van der Waals surface area contributed by atoms with Crippen LogP contribution in [0, 0.1) is 0 Å². The maximum absolute atomic E-state index is 12.3. The average Bonchev–Trinajstić information content (AvgIpc) is 3.14. The van der Waals surface area contributed by atoms with Crippen molar-refractivity contribution in [3.63, 3.8) is 0 Å². The largest absolute Gasteiger partial charge is 0.453 e. The van der Waals surface area contributed by atoms with E-state index >= 15 is 0 Å². The zero-order valence-corrected chi connectivity index (χ0v) is 14.8. The van der Waals surface area contributed by atoms with E-state index in [-0.39, 0.29) is 18.4 Å². The third kappa shape index (κ3) is 4.38. The van der Waals surface area contributed by atoms with E-state index in [1.54, 1.807) is 17.3 Å². The molecule has 0 aliphatic carbocycles. The summed E-state index contributed by atoms with van der Waals surface area (Å²) >= 11 is 0. The third-order valence-electron chi connectivity index (χ3n) is 4.51. The molecule has 2 amide bonds. The van der Waals surface area contributed by atoms with E-state index in [0.29, 0.717) is 19.6 Å². The number of carbonyl (C=O) groups excluding carboxylic acids is 2. The maximum atomic E-state index is 12.3. The number of alkyl carbamates (subject to hydrolysis) is 1. The second kappa shape index (κ2) is 8.46. The van der Waals surface area contributed by atoms with Crippen molar-refractivity contribution in [2.24, 2.45) is 0 Å². The van der Waals surface area contributed by atoms with Gasteiger partial charge in [0, 0.05) is 37.6 Å². The summed E-state index contributed by atoms with van der Waals surface area (Å²) in [5.74, 6) is 1.03. The molecule has 1 aliphatic rings. The van der Waals surface area contributed by atoms with Gasteiger partial charge in [0.15, 0.2) is 0 Å². The van der Waals surface area contributed by atoms with Crippen LogP contribution in [0.4, 0.5) is 4.79 Å². The summed E-state index contributed by atoms with van der Waals surface area (Å²) in [7, 11) is 1.28. The van der Waals surface area contributed by atoms with Crippen LogP contribution in [0.15, 0.2) is 36.8 Å². The van der Waals surface area contributed by atoms with Crippen LogP contribution in [0.2, 0.25) is 0 Å². The van der Waals surface area contributed by atoms with Crippen LogP contribution in [-0.2, 0) is 16.1 Å². The molecule has 0 saturated carbocycles. The molecule has 0 radical (unpaired) electrons. The molecule has 1 saturated heterocycles. The van der Waals surface area contributed by atoms with Gasteiger partial charge in [0.2, 0.25) is 5.91 Å². The summed E-state index contributed by atoms with van der Waals surface area (Å²) in [5.41, 5.74) is 0.970. The minimum Gasteiger partial charge on any atom is -0.453 e. The Morgan fingerprint density at radius 1 is 1.31 bits per heavy atom. The Balaban J connectivity index is 1.64. The number of rotatable bonds is 5. The van der Waals surface area contributed by atoms with Crippen LogP contribution in [0.25, 0.3) is 0 Å². The topological polar surface area (TPSA) is 89.4 Å². The van der Waals surface area contributed by atoms with Crippen molar-refractivity contribution in [3.8, 4) is 0 Å². The highest BCUT2D eigenvalue weighted by atomic mass is 16.5. The number of carbonyl (C=O) groups is 2. The van der Waals surface area contributed by atoms with Gasteiger partial charge >= 0.3 is 6.09 Å². The van der Waals surface area contributed by atoms with Crippen molar-refractivity contribution < 1.29 is 14.3 Å². The van der Waals surface area contributed by atoms with E-state index in [0.717, 1.165) is 24.4 Å². The standard InChI is InChI=1S/C18H23N5O3/c1-26-18(25)21-11-16(24)22-9-4-5-14(12-22)17-20-8-10-23(17)13-15-6-2-3-7-19-15/h2-3,6-8,10,14H,4-5,9,11-13H2,1H3,(H,21,25). The lowest BCUT2D eigenvalue weighted by Gasteiger charge is -2.32. The number of amides is 2. The van der Waals surface area contributed by atoms with Crippen LogP contribution in [0.1, 0.15) is 30.3 Å². The van der Waals surface area contributed by atoms with Crippen molar-refractivity contribution in [1.82, 2.24) is 24.8 Å². The fourth-order valence-corrected chi connectivity index (χ4v) is 3.23. The summed E-state index contributed by atoms with van der Waals surface area (Å²) < 4.78 is 6.59. The fraction of sp³-hybridized carbons (Fsp3) is 0.444. The molecule has 2 aromatic rings. The number of piperidine rings is 1. The average molecular weight is 357 g/mol. The second-order valence-corrected chi connectivity index (χ2v) is 6.26. The lowest BCUT2D eigenvalue weighted by molar-refractivity contribution is -0.131. The fourth-order valence-electron chi connectivity index (χ4n) is 3.23. The van der Waals surface area contributed by atoms with Crippen LogP contribution >= 0.6 is 0 Å². The Labute approximate surface area is 152 Å². The van der Waals surface area contributed by atoms with E-state index in [9.17, 15) is 9.59 Å². The predicted octanol–water partition coefficient (Wildman–Crippen LogP) is 1.39. The molecule has 8 heteroatoms. The minimum atomic E-state index is -0.599. The van der Waals surface area contributed by atoms with Gasteiger partial charge in [0.1, 0.15) is 12.4 Å². The molecule has 0 bridgehead atoms. The number of ether oxygens (including phenoxy) is 1. The van der Waals surface area contributed by atoms with Crippen LogP contribution < -0.4 is 5.32 Å². The quantitative estimate of drug-likeness (QED) is 0.873. The normalized spacial score (nSPS) is 17.0. The molecule has 1 atom stereocenters. The molecule has 1 N–H and O–H groups in total. The molecular formula is C18H23N5O3. The second-order valence-electron chi connectivity index (χ2n) is 6.26. The number of hydrogen-bond donors (Lipinski definition) is 1.